The van der Waals surface area contributed by atoms with Crippen LogP contribution < -0.4 is 15.5 Å². The van der Waals surface area contributed by atoms with E-state index in [0.717, 1.165) is 17.7 Å². The number of quaternary nitrogens is 1. The summed E-state index contributed by atoms with van der Waals surface area (Å²) in [5, 5.41) is 5.37. The molecule has 1 fully saturated rings. The maximum absolute atomic E-state index is 13.4. The smallest absolute Gasteiger partial charge is 0.279 e. The van der Waals surface area contributed by atoms with E-state index in [-0.39, 0.29) is 30.6 Å². The molecule has 0 aliphatic heterocycles. The van der Waals surface area contributed by atoms with Gasteiger partial charge in [-0.15, -0.1) is 0 Å². The van der Waals surface area contributed by atoms with Gasteiger partial charge in [0.05, 0.1) is 12.7 Å². The van der Waals surface area contributed by atoms with Crippen LogP contribution in [-0.2, 0) is 9.59 Å². The van der Waals surface area contributed by atoms with Crippen molar-refractivity contribution in [3.05, 3.63) is 30.1 Å². The number of amides is 2. The molecule has 0 saturated heterocycles. The van der Waals surface area contributed by atoms with E-state index in [1.807, 2.05) is 0 Å². The number of likely N-dealkylation sites (N-methyl/N-ethyl adjacent to an activating group) is 1. The lowest BCUT2D eigenvalue weighted by Crippen LogP contribution is -3.11. The molecule has 1 saturated carbocycles. The zero-order valence-electron chi connectivity index (χ0n) is 11.4. The number of benzene rings is 1. The molecule has 1 aliphatic rings. The highest BCUT2D eigenvalue weighted by Crippen LogP contribution is 2.18. The molecule has 1 aromatic carbocycles. The van der Waals surface area contributed by atoms with E-state index in [2.05, 4.69) is 10.6 Å². The number of para-hydroxylation sites is 1. The van der Waals surface area contributed by atoms with Crippen LogP contribution in [0.15, 0.2) is 24.3 Å². The number of halogens is 1. The number of nitrogens with one attached hydrogen (secondary N) is 3. The second kappa shape index (κ2) is 6.47. The van der Waals surface area contributed by atoms with Crippen LogP contribution in [0.3, 0.4) is 0 Å². The second-order valence-electron chi connectivity index (χ2n) is 5.18. The largest absolute Gasteiger partial charge is 0.348 e. The van der Waals surface area contributed by atoms with Crippen LogP contribution >= 0.6 is 0 Å². The Bertz CT molecular complexity index is 503. The Morgan fingerprint density at radius 2 is 1.90 bits per heavy atom. The number of hydrogen-bond acceptors (Lipinski definition) is 2. The number of carbonyl (C=O) groups excluding carboxylic acids is 2. The van der Waals surface area contributed by atoms with Gasteiger partial charge in [-0.25, -0.2) is 4.39 Å². The Morgan fingerprint density at radius 3 is 2.55 bits per heavy atom. The first kappa shape index (κ1) is 14.5. The summed E-state index contributed by atoms with van der Waals surface area (Å²) in [4.78, 5) is 24.1. The minimum Gasteiger partial charge on any atom is -0.348 e. The monoisotopic (exact) mass is 280 g/mol. The van der Waals surface area contributed by atoms with E-state index < -0.39 is 5.82 Å². The average Bonchev–Trinajstić information content (AvgIpc) is 3.15. The number of hydrogen-bond donors (Lipinski definition) is 3. The Kier molecular flexibility index (Phi) is 4.68. The zero-order valence-corrected chi connectivity index (χ0v) is 11.4. The SMILES string of the molecule is C[NH+](CC(=O)Nc1ccccc1F)CC(=O)NC1CC1. The summed E-state index contributed by atoms with van der Waals surface area (Å²) in [7, 11) is 1.76. The predicted molar refractivity (Wildman–Crippen MR) is 72.8 cm³/mol. The predicted octanol–water partition coefficient (Wildman–Crippen LogP) is -0.442. The number of carbonyl (C=O) groups is 2. The van der Waals surface area contributed by atoms with Gasteiger partial charge >= 0.3 is 0 Å². The molecule has 0 radical (unpaired) electrons. The van der Waals surface area contributed by atoms with E-state index in [1.54, 1.807) is 19.2 Å². The van der Waals surface area contributed by atoms with E-state index in [1.165, 1.54) is 12.1 Å². The first-order chi connectivity index (χ1) is 9.54. The fraction of sp³-hybridized carbons (Fsp3) is 0.429. The Hall–Kier alpha value is -1.95. The maximum Gasteiger partial charge on any atom is 0.279 e. The molecule has 0 spiro atoms. The third-order valence-corrected chi connectivity index (χ3v) is 3.02. The highest BCUT2D eigenvalue weighted by atomic mass is 19.1. The normalized spacial score (nSPS) is 15.5. The minimum absolute atomic E-state index is 0.0521. The van der Waals surface area contributed by atoms with Crippen molar-refractivity contribution in [2.24, 2.45) is 0 Å². The van der Waals surface area contributed by atoms with Gasteiger partial charge in [-0.05, 0) is 25.0 Å². The summed E-state index contributed by atoms with van der Waals surface area (Å²) < 4.78 is 13.4. The standard InChI is InChI=1S/C14H18FN3O2/c1-18(8-13(19)16-10-6-7-10)9-14(20)17-12-5-3-2-4-11(12)15/h2-5,10H,6-9H2,1H3,(H,16,19)(H,17,20)/p+1. The van der Waals surface area contributed by atoms with Gasteiger partial charge in [0.2, 0.25) is 0 Å². The molecule has 0 bridgehead atoms. The van der Waals surface area contributed by atoms with E-state index in [9.17, 15) is 14.0 Å². The molecule has 1 aromatic rings. The molecule has 0 aromatic heterocycles. The van der Waals surface area contributed by atoms with Crippen molar-refractivity contribution in [2.75, 3.05) is 25.5 Å². The zero-order chi connectivity index (χ0) is 14.5. The number of anilines is 1. The molecule has 108 valence electrons. The van der Waals surface area contributed by atoms with Crippen molar-refractivity contribution in [2.45, 2.75) is 18.9 Å². The summed E-state index contributed by atoms with van der Waals surface area (Å²) in [6.07, 6.45) is 2.08. The first-order valence-corrected chi connectivity index (χ1v) is 6.69. The molecule has 0 heterocycles. The van der Waals surface area contributed by atoms with Crippen molar-refractivity contribution < 1.29 is 18.9 Å². The van der Waals surface area contributed by atoms with Gasteiger partial charge in [-0.2, -0.15) is 0 Å². The molecule has 2 amide bonds. The molecule has 2 rings (SSSR count). The van der Waals surface area contributed by atoms with Gasteiger partial charge in [0.1, 0.15) is 5.82 Å². The lowest BCUT2D eigenvalue weighted by Gasteiger charge is -2.13. The van der Waals surface area contributed by atoms with Crippen LogP contribution in [0.4, 0.5) is 10.1 Å². The molecule has 1 unspecified atom stereocenters. The maximum atomic E-state index is 13.4. The molecular weight excluding hydrogens is 261 g/mol. The van der Waals surface area contributed by atoms with Gasteiger partial charge in [-0.1, -0.05) is 12.1 Å². The summed E-state index contributed by atoms with van der Waals surface area (Å²) >= 11 is 0. The molecule has 1 atom stereocenters. The van der Waals surface area contributed by atoms with Crippen LogP contribution in [0.2, 0.25) is 0 Å². The summed E-state index contributed by atoms with van der Waals surface area (Å²) in [5.41, 5.74) is 0.160. The minimum atomic E-state index is -0.468. The van der Waals surface area contributed by atoms with Crippen LogP contribution in [0.1, 0.15) is 12.8 Å². The van der Waals surface area contributed by atoms with E-state index >= 15 is 0 Å². The van der Waals surface area contributed by atoms with E-state index in [4.69, 9.17) is 0 Å². The quantitative estimate of drug-likeness (QED) is 0.661. The van der Waals surface area contributed by atoms with Crippen LogP contribution in [0.25, 0.3) is 0 Å². The van der Waals surface area contributed by atoms with Crippen molar-refractivity contribution in [3.63, 3.8) is 0 Å². The molecule has 3 N–H and O–H groups in total. The van der Waals surface area contributed by atoms with Crippen LogP contribution in [-0.4, -0.2) is 38.0 Å². The molecule has 1 aliphatic carbocycles. The highest BCUT2D eigenvalue weighted by Gasteiger charge is 2.24. The van der Waals surface area contributed by atoms with E-state index in [0.29, 0.717) is 6.04 Å². The van der Waals surface area contributed by atoms with Gasteiger partial charge in [0, 0.05) is 6.04 Å². The fourth-order valence-corrected chi connectivity index (χ4v) is 1.87. The Morgan fingerprint density at radius 1 is 1.25 bits per heavy atom. The van der Waals surface area contributed by atoms with Crippen LogP contribution in [0, 0.1) is 5.82 Å². The second-order valence-corrected chi connectivity index (χ2v) is 5.18. The van der Waals surface area contributed by atoms with Gasteiger partial charge in [0.15, 0.2) is 13.1 Å². The van der Waals surface area contributed by atoms with Gasteiger partial charge in [0.25, 0.3) is 11.8 Å². The molecular formula is C14H19FN3O2+. The average molecular weight is 280 g/mol. The molecule has 5 nitrogen and oxygen atoms in total. The topological polar surface area (TPSA) is 62.6 Å². The summed E-state index contributed by atoms with van der Waals surface area (Å²) in [5.74, 6) is -0.833. The summed E-state index contributed by atoms with van der Waals surface area (Å²) in [6, 6.07) is 6.32. The van der Waals surface area contributed by atoms with Gasteiger partial charge < -0.3 is 15.5 Å². The lowest BCUT2D eigenvalue weighted by atomic mass is 10.3. The third kappa shape index (κ3) is 4.62. The van der Waals surface area contributed by atoms with Crippen molar-refractivity contribution >= 4 is 17.5 Å². The first-order valence-electron chi connectivity index (χ1n) is 6.69. The fourth-order valence-electron chi connectivity index (χ4n) is 1.87. The van der Waals surface area contributed by atoms with Gasteiger partial charge in [-0.3, -0.25) is 9.59 Å². The molecule has 6 heteroatoms. The molecule has 20 heavy (non-hydrogen) atoms. The Labute approximate surface area is 117 Å². The highest BCUT2D eigenvalue weighted by molar-refractivity contribution is 5.91. The Balaban J connectivity index is 1.75. The lowest BCUT2D eigenvalue weighted by molar-refractivity contribution is -0.862. The summed E-state index contributed by atoms with van der Waals surface area (Å²) in [6.45, 7) is 0.355. The van der Waals surface area contributed by atoms with Crippen molar-refractivity contribution in [1.29, 1.82) is 0 Å². The van der Waals surface area contributed by atoms with Crippen molar-refractivity contribution in [3.8, 4) is 0 Å². The van der Waals surface area contributed by atoms with Crippen molar-refractivity contribution in [1.82, 2.24) is 5.32 Å². The third-order valence-electron chi connectivity index (χ3n) is 3.02. The van der Waals surface area contributed by atoms with Crippen LogP contribution in [0.5, 0.6) is 0 Å². The number of rotatable bonds is 6.